The number of anilines is 1. The molecule has 128 valence electrons. The summed E-state index contributed by atoms with van der Waals surface area (Å²) in [5.41, 5.74) is 7.08. The Balaban J connectivity index is 2.01. The van der Waals surface area contributed by atoms with Crippen molar-refractivity contribution in [2.24, 2.45) is 5.73 Å². The number of aromatic nitrogens is 4. The zero-order valence-corrected chi connectivity index (χ0v) is 14.0. The molecule has 0 saturated heterocycles. The Kier molecular flexibility index (Phi) is 4.97. The molecule has 0 fully saturated rings. The molecule has 0 amide bonds. The van der Waals surface area contributed by atoms with E-state index in [1.165, 1.54) is 4.57 Å². The Morgan fingerprint density at radius 3 is 3.04 bits per heavy atom. The van der Waals surface area contributed by atoms with Gasteiger partial charge in [-0.15, -0.1) is 0 Å². The number of fused-ring (bicyclic) bond motifs is 1. The number of nitrogens with one attached hydrogen (secondary N) is 2. The van der Waals surface area contributed by atoms with Crippen molar-refractivity contribution in [1.29, 1.82) is 5.26 Å². The molecule has 3 rings (SSSR count). The Labute approximate surface area is 148 Å². The molecule has 0 radical (unpaired) electrons. The van der Waals surface area contributed by atoms with Gasteiger partial charge in [0.2, 0.25) is 5.95 Å². The van der Waals surface area contributed by atoms with Crippen LogP contribution in [0.1, 0.15) is 17.5 Å². The van der Waals surface area contributed by atoms with Crippen LogP contribution in [0.4, 0.5) is 5.95 Å². The number of hydrogen-bond donors (Lipinski definition) is 3. The fraction of sp³-hybridized carbons (Fsp3) is 0.250. The van der Waals surface area contributed by atoms with Crippen molar-refractivity contribution in [2.75, 3.05) is 18.4 Å². The number of H-pyrrole nitrogens is 1. The lowest BCUT2D eigenvalue weighted by Gasteiger charge is -2.08. The number of imidazole rings is 1. The molecule has 0 saturated carbocycles. The highest BCUT2D eigenvalue weighted by atomic mass is 35.5. The van der Waals surface area contributed by atoms with E-state index in [1.54, 1.807) is 24.4 Å². The molecule has 3 aromatic rings. The minimum absolute atomic E-state index is 0.140. The molecule has 4 N–H and O–H groups in total. The van der Waals surface area contributed by atoms with Crippen molar-refractivity contribution in [3.8, 4) is 6.07 Å². The van der Waals surface area contributed by atoms with Gasteiger partial charge in [0.1, 0.15) is 5.52 Å². The van der Waals surface area contributed by atoms with E-state index in [2.05, 4.69) is 26.3 Å². The summed E-state index contributed by atoms with van der Waals surface area (Å²) >= 11 is 6.21. The molecule has 1 aromatic carbocycles. The summed E-state index contributed by atoms with van der Waals surface area (Å²) in [6.07, 6.45) is 2.33. The summed E-state index contributed by atoms with van der Waals surface area (Å²) < 4.78 is 1.44. The van der Waals surface area contributed by atoms with Gasteiger partial charge in [-0.25, -0.2) is 9.78 Å². The van der Waals surface area contributed by atoms with E-state index >= 15 is 0 Å². The van der Waals surface area contributed by atoms with Crippen LogP contribution in [0, 0.1) is 11.3 Å². The van der Waals surface area contributed by atoms with E-state index in [4.69, 9.17) is 17.3 Å². The van der Waals surface area contributed by atoms with Gasteiger partial charge < -0.3 is 16.0 Å². The monoisotopic (exact) mass is 357 g/mol. The highest BCUT2D eigenvalue weighted by molar-refractivity contribution is 6.31. The molecule has 0 aliphatic heterocycles. The first-order valence-electron chi connectivity index (χ1n) is 7.71. The number of halogens is 1. The van der Waals surface area contributed by atoms with Gasteiger partial charge in [-0.05, 0) is 25.1 Å². The van der Waals surface area contributed by atoms with Crippen LogP contribution in [0.5, 0.6) is 0 Å². The van der Waals surface area contributed by atoms with Crippen LogP contribution in [0.15, 0.2) is 29.2 Å². The summed E-state index contributed by atoms with van der Waals surface area (Å²) in [6.45, 7) is 1.34. The molecule has 2 aromatic heterocycles. The highest BCUT2D eigenvalue weighted by Crippen LogP contribution is 2.21. The summed E-state index contributed by atoms with van der Waals surface area (Å²) in [4.78, 5) is 23.6. The number of nitriles is 1. The van der Waals surface area contributed by atoms with E-state index in [0.29, 0.717) is 46.4 Å². The molecule has 25 heavy (non-hydrogen) atoms. The summed E-state index contributed by atoms with van der Waals surface area (Å²) in [7, 11) is 0. The molecular formula is C16H16ClN7O. The number of nitrogens with zero attached hydrogens (tertiary/aromatic N) is 4. The summed E-state index contributed by atoms with van der Waals surface area (Å²) in [6, 6.07) is 7.14. The molecule has 0 aliphatic carbocycles. The van der Waals surface area contributed by atoms with Crippen LogP contribution in [0.3, 0.4) is 0 Å². The lowest BCUT2D eigenvalue weighted by Crippen LogP contribution is -2.19. The van der Waals surface area contributed by atoms with Crippen molar-refractivity contribution >= 4 is 28.7 Å². The lowest BCUT2D eigenvalue weighted by molar-refractivity contribution is 0.775. The Morgan fingerprint density at radius 1 is 1.44 bits per heavy atom. The first-order valence-corrected chi connectivity index (χ1v) is 8.09. The molecule has 0 atom stereocenters. The van der Waals surface area contributed by atoms with Gasteiger partial charge in [0.25, 0.3) is 0 Å². The van der Waals surface area contributed by atoms with Crippen molar-refractivity contribution in [2.45, 2.75) is 13.0 Å². The molecule has 9 heteroatoms. The average Bonchev–Trinajstić information content (AvgIpc) is 2.92. The van der Waals surface area contributed by atoms with Crippen LogP contribution in [-0.4, -0.2) is 32.6 Å². The fourth-order valence-corrected chi connectivity index (χ4v) is 2.70. The minimum Gasteiger partial charge on any atom is -0.354 e. The molecule has 0 spiro atoms. The lowest BCUT2D eigenvalue weighted by atomic mass is 10.1. The Morgan fingerprint density at radius 2 is 2.28 bits per heavy atom. The van der Waals surface area contributed by atoms with Crippen molar-refractivity contribution < 1.29 is 0 Å². The summed E-state index contributed by atoms with van der Waals surface area (Å²) in [5, 5.41) is 12.8. The Bertz CT molecular complexity index is 1000. The number of hydrogen-bond acceptors (Lipinski definition) is 6. The van der Waals surface area contributed by atoms with Crippen molar-refractivity contribution in [3.63, 3.8) is 0 Å². The topological polar surface area (TPSA) is 125 Å². The van der Waals surface area contributed by atoms with Gasteiger partial charge in [-0.2, -0.15) is 10.2 Å². The third-order valence-electron chi connectivity index (χ3n) is 3.73. The maximum absolute atomic E-state index is 12.3. The van der Waals surface area contributed by atoms with Crippen molar-refractivity contribution in [1.82, 2.24) is 19.5 Å². The van der Waals surface area contributed by atoms with E-state index in [-0.39, 0.29) is 12.2 Å². The second-order valence-electron chi connectivity index (χ2n) is 5.39. The SMILES string of the molecule is N#Cc1cccc(Cl)c1Cn1c(=O)[nH]c2cnc(NCCCN)nc21. The zero-order chi connectivity index (χ0) is 17.8. The largest absolute Gasteiger partial charge is 0.354 e. The van der Waals surface area contributed by atoms with Crippen LogP contribution in [-0.2, 0) is 6.54 Å². The van der Waals surface area contributed by atoms with E-state index in [9.17, 15) is 10.1 Å². The van der Waals surface area contributed by atoms with Crippen molar-refractivity contribution in [3.05, 3.63) is 51.0 Å². The summed E-state index contributed by atoms with van der Waals surface area (Å²) in [5.74, 6) is 0.411. The van der Waals surface area contributed by atoms with Gasteiger partial charge in [0, 0.05) is 17.1 Å². The van der Waals surface area contributed by atoms with Gasteiger partial charge in [-0.3, -0.25) is 4.57 Å². The molecular weight excluding hydrogens is 342 g/mol. The van der Waals surface area contributed by atoms with E-state index in [1.807, 2.05) is 0 Å². The maximum Gasteiger partial charge on any atom is 0.328 e. The first-order chi connectivity index (χ1) is 12.1. The van der Waals surface area contributed by atoms with Crippen LogP contribution >= 0.6 is 11.6 Å². The Hall–Kier alpha value is -2.89. The second kappa shape index (κ2) is 7.34. The predicted molar refractivity (Wildman–Crippen MR) is 95.6 cm³/mol. The van der Waals surface area contributed by atoms with Crippen LogP contribution in [0.25, 0.3) is 11.2 Å². The van der Waals surface area contributed by atoms with Gasteiger partial charge in [0.05, 0.1) is 24.4 Å². The third-order valence-corrected chi connectivity index (χ3v) is 4.08. The van der Waals surface area contributed by atoms with Gasteiger partial charge in [-0.1, -0.05) is 17.7 Å². The van der Waals surface area contributed by atoms with E-state index < -0.39 is 0 Å². The maximum atomic E-state index is 12.3. The van der Waals surface area contributed by atoms with Crippen LogP contribution in [0.2, 0.25) is 5.02 Å². The zero-order valence-electron chi connectivity index (χ0n) is 13.3. The number of nitrogens with two attached hydrogens (primary N) is 1. The first kappa shape index (κ1) is 17.0. The van der Waals surface area contributed by atoms with Gasteiger partial charge >= 0.3 is 5.69 Å². The standard InChI is InChI=1S/C16H16ClN7O/c17-12-4-1-3-10(7-19)11(12)9-24-14-13(22-16(24)25)8-21-15(23-14)20-6-2-5-18/h1,3-4,8H,2,5-6,9,18H2,(H,22,25)(H,20,21,23). The van der Waals surface area contributed by atoms with E-state index in [0.717, 1.165) is 6.42 Å². The minimum atomic E-state index is -0.341. The number of aromatic amines is 1. The normalized spacial score (nSPS) is 10.8. The predicted octanol–water partition coefficient (Wildman–Crippen LogP) is 1.45. The second-order valence-corrected chi connectivity index (χ2v) is 5.80. The van der Waals surface area contributed by atoms with Crippen LogP contribution < -0.4 is 16.7 Å². The average molecular weight is 358 g/mol. The fourth-order valence-electron chi connectivity index (χ4n) is 2.46. The molecule has 0 aliphatic rings. The van der Waals surface area contributed by atoms with Gasteiger partial charge in [0.15, 0.2) is 5.65 Å². The highest BCUT2D eigenvalue weighted by Gasteiger charge is 2.14. The molecule has 0 unspecified atom stereocenters. The number of benzene rings is 1. The molecule has 8 nitrogen and oxygen atoms in total. The number of rotatable bonds is 6. The molecule has 0 bridgehead atoms. The smallest absolute Gasteiger partial charge is 0.328 e. The molecule has 2 heterocycles. The third kappa shape index (κ3) is 3.47. The quantitative estimate of drug-likeness (QED) is 0.573.